The van der Waals surface area contributed by atoms with Crippen LogP contribution >= 0.6 is 0 Å². The van der Waals surface area contributed by atoms with Gasteiger partial charge in [0.15, 0.2) is 0 Å². The van der Waals surface area contributed by atoms with Gasteiger partial charge in [-0.3, -0.25) is 0 Å². The molecule has 1 atom stereocenters. The van der Waals surface area contributed by atoms with E-state index in [0.29, 0.717) is 23.7 Å². The number of hydrogen-bond acceptors (Lipinski definition) is 5. The molecule has 0 aliphatic heterocycles. The van der Waals surface area contributed by atoms with Gasteiger partial charge in [-0.2, -0.15) is 0 Å². The quantitative estimate of drug-likeness (QED) is 0.380. The number of benzene rings is 3. The summed E-state index contributed by atoms with van der Waals surface area (Å²) in [5.41, 5.74) is 3.28. The van der Waals surface area contributed by atoms with Crippen molar-refractivity contribution in [1.82, 2.24) is 9.97 Å². The molecule has 1 heterocycles. The average molecular weight is 443 g/mol. The molecule has 0 saturated heterocycles. The normalized spacial score (nSPS) is 11.5. The largest absolute Gasteiger partial charge is 0.489 e. The van der Waals surface area contributed by atoms with Crippen molar-refractivity contribution in [3.8, 4) is 17.0 Å². The molecular weight excluding hydrogens is 421 g/mol. The van der Waals surface area contributed by atoms with E-state index >= 15 is 0 Å². The van der Waals surface area contributed by atoms with Crippen LogP contribution in [0.15, 0.2) is 91.3 Å². The standard InChI is InChI=1S/C26H22FN3O3/c27-21-10-6-18(7-11-21)14-24(26(31)32)30-25-15-23(28-17-29-25)20-8-12-22(13-9-20)33-16-19-4-2-1-3-5-19/h1-13,15,17,24H,14,16H2,(H,31,32)(H,28,29,30)/t24-/m0/s1. The maximum absolute atomic E-state index is 13.1. The molecule has 0 unspecified atom stereocenters. The first-order valence-electron chi connectivity index (χ1n) is 10.4. The summed E-state index contributed by atoms with van der Waals surface area (Å²) in [4.78, 5) is 20.2. The first-order chi connectivity index (χ1) is 16.1. The molecule has 2 N–H and O–H groups in total. The van der Waals surface area contributed by atoms with Crippen molar-refractivity contribution in [3.63, 3.8) is 0 Å². The van der Waals surface area contributed by atoms with Gasteiger partial charge in [0.1, 0.15) is 36.4 Å². The minimum absolute atomic E-state index is 0.183. The molecular formula is C26H22FN3O3. The number of carbonyl (C=O) groups is 1. The van der Waals surface area contributed by atoms with E-state index in [9.17, 15) is 14.3 Å². The van der Waals surface area contributed by atoms with E-state index in [-0.39, 0.29) is 12.2 Å². The summed E-state index contributed by atoms with van der Waals surface area (Å²) in [5.74, 6) is -0.269. The smallest absolute Gasteiger partial charge is 0.326 e. The molecule has 166 valence electrons. The number of nitrogens with one attached hydrogen (secondary N) is 1. The van der Waals surface area contributed by atoms with Crippen LogP contribution in [-0.2, 0) is 17.8 Å². The number of aromatic nitrogens is 2. The summed E-state index contributed by atoms with van der Waals surface area (Å²) < 4.78 is 18.9. The summed E-state index contributed by atoms with van der Waals surface area (Å²) in [6, 6.07) is 23.9. The molecule has 4 rings (SSSR count). The number of carboxylic acid groups (broad SMARTS) is 1. The van der Waals surface area contributed by atoms with Gasteiger partial charge in [-0.25, -0.2) is 19.2 Å². The van der Waals surface area contributed by atoms with Gasteiger partial charge in [0, 0.05) is 18.1 Å². The summed E-state index contributed by atoms with van der Waals surface area (Å²) in [6.07, 6.45) is 1.57. The Bertz CT molecular complexity index is 1200. The highest BCUT2D eigenvalue weighted by atomic mass is 19.1. The van der Waals surface area contributed by atoms with Gasteiger partial charge in [0.25, 0.3) is 0 Å². The number of aliphatic carboxylic acids is 1. The molecule has 0 spiro atoms. The van der Waals surface area contributed by atoms with E-state index in [1.165, 1.54) is 18.5 Å². The fraction of sp³-hybridized carbons (Fsp3) is 0.115. The Morgan fingerprint density at radius 3 is 2.36 bits per heavy atom. The molecule has 33 heavy (non-hydrogen) atoms. The summed E-state index contributed by atoms with van der Waals surface area (Å²) in [7, 11) is 0. The van der Waals surface area contributed by atoms with E-state index in [1.54, 1.807) is 18.2 Å². The van der Waals surface area contributed by atoms with Crippen LogP contribution in [0.2, 0.25) is 0 Å². The van der Waals surface area contributed by atoms with E-state index in [0.717, 1.165) is 16.9 Å². The third-order valence-electron chi connectivity index (χ3n) is 5.04. The minimum atomic E-state index is -1.03. The molecule has 0 amide bonds. The zero-order valence-corrected chi connectivity index (χ0v) is 17.7. The van der Waals surface area contributed by atoms with E-state index in [2.05, 4.69) is 15.3 Å². The fourth-order valence-electron chi connectivity index (χ4n) is 3.29. The predicted octanol–water partition coefficient (Wildman–Crippen LogP) is 4.97. The number of anilines is 1. The van der Waals surface area contributed by atoms with Crippen molar-refractivity contribution in [2.24, 2.45) is 0 Å². The van der Waals surface area contributed by atoms with Gasteiger partial charge in [0.05, 0.1) is 5.69 Å². The van der Waals surface area contributed by atoms with Crippen LogP contribution in [0, 0.1) is 5.82 Å². The first kappa shape index (κ1) is 22.0. The number of halogens is 1. The Hall–Kier alpha value is -4.26. The van der Waals surface area contributed by atoms with E-state index in [4.69, 9.17) is 4.74 Å². The molecule has 7 heteroatoms. The summed E-state index contributed by atoms with van der Waals surface area (Å²) in [5, 5.41) is 12.5. The number of hydrogen-bond donors (Lipinski definition) is 2. The second kappa shape index (κ2) is 10.4. The minimum Gasteiger partial charge on any atom is -0.489 e. The van der Waals surface area contributed by atoms with Crippen molar-refractivity contribution in [2.45, 2.75) is 19.1 Å². The van der Waals surface area contributed by atoms with Gasteiger partial charge in [-0.15, -0.1) is 0 Å². The molecule has 1 aromatic heterocycles. The van der Waals surface area contributed by atoms with Crippen molar-refractivity contribution in [3.05, 3.63) is 108 Å². The van der Waals surface area contributed by atoms with Crippen LogP contribution in [0.1, 0.15) is 11.1 Å². The van der Waals surface area contributed by atoms with Crippen molar-refractivity contribution in [2.75, 3.05) is 5.32 Å². The SMILES string of the molecule is O=C(O)[C@H](Cc1ccc(F)cc1)Nc1cc(-c2ccc(OCc3ccccc3)cc2)ncn1. The Morgan fingerprint density at radius 1 is 0.939 bits per heavy atom. The molecule has 0 saturated carbocycles. The highest BCUT2D eigenvalue weighted by Crippen LogP contribution is 2.23. The highest BCUT2D eigenvalue weighted by molar-refractivity contribution is 5.77. The zero-order valence-electron chi connectivity index (χ0n) is 17.7. The Balaban J connectivity index is 1.43. The third-order valence-corrected chi connectivity index (χ3v) is 5.04. The van der Waals surface area contributed by atoms with Crippen LogP contribution in [0.4, 0.5) is 10.2 Å². The number of rotatable bonds is 9. The monoisotopic (exact) mass is 443 g/mol. The Morgan fingerprint density at radius 2 is 1.67 bits per heavy atom. The molecule has 0 aliphatic rings. The fourth-order valence-corrected chi connectivity index (χ4v) is 3.29. The molecule has 0 aliphatic carbocycles. The predicted molar refractivity (Wildman–Crippen MR) is 123 cm³/mol. The molecule has 0 bridgehead atoms. The molecule has 4 aromatic rings. The lowest BCUT2D eigenvalue weighted by Crippen LogP contribution is -2.31. The van der Waals surface area contributed by atoms with Gasteiger partial charge in [-0.1, -0.05) is 42.5 Å². The van der Waals surface area contributed by atoms with Crippen molar-refractivity contribution in [1.29, 1.82) is 0 Å². The molecule has 0 fully saturated rings. The van der Waals surface area contributed by atoms with Crippen LogP contribution in [-0.4, -0.2) is 27.1 Å². The van der Waals surface area contributed by atoms with Crippen LogP contribution in [0.5, 0.6) is 5.75 Å². The van der Waals surface area contributed by atoms with Crippen LogP contribution in [0.25, 0.3) is 11.3 Å². The summed E-state index contributed by atoms with van der Waals surface area (Å²) >= 11 is 0. The number of carboxylic acids is 1. The van der Waals surface area contributed by atoms with Crippen LogP contribution < -0.4 is 10.1 Å². The van der Waals surface area contributed by atoms with Gasteiger partial charge >= 0.3 is 5.97 Å². The average Bonchev–Trinajstić information content (AvgIpc) is 2.85. The lowest BCUT2D eigenvalue weighted by Gasteiger charge is -2.15. The number of ether oxygens (including phenoxy) is 1. The number of nitrogens with zero attached hydrogens (tertiary/aromatic N) is 2. The van der Waals surface area contributed by atoms with Gasteiger partial charge in [0.2, 0.25) is 0 Å². The maximum Gasteiger partial charge on any atom is 0.326 e. The lowest BCUT2D eigenvalue weighted by atomic mass is 10.1. The molecule has 0 radical (unpaired) electrons. The van der Waals surface area contributed by atoms with Gasteiger partial charge < -0.3 is 15.2 Å². The highest BCUT2D eigenvalue weighted by Gasteiger charge is 2.19. The molecule has 3 aromatic carbocycles. The molecule has 6 nitrogen and oxygen atoms in total. The maximum atomic E-state index is 13.1. The zero-order chi connectivity index (χ0) is 23.0. The Kier molecular flexibility index (Phi) is 6.90. The van der Waals surface area contributed by atoms with Crippen molar-refractivity contribution >= 4 is 11.8 Å². The van der Waals surface area contributed by atoms with Crippen LogP contribution in [0.3, 0.4) is 0 Å². The van der Waals surface area contributed by atoms with E-state index < -0.39 is 12.0 Å². The lowest BCUT2D eigenvalue weighted by molar-refractivity contribution is -0.137. The van der Waals surface area contributed by atoms with Gasteiger partial charge in [-0.05, 0) is 47.5 Å². The van der Waals surface area contributed by atoms with E-state index in [1.807, 2.05) is 54.6 Å². The second-order valence-electron chi connectivity index (χ2n) is 7.45. The Labute approximate surface area is 190 Å². The summed E-state index contributed by atoms with van der Waals surface area (Å²) in [6.45, 7) is 0.479. The second-order valence-corrected chi connectivity index (χ2v) is 7.45. The topological polar surface area (TPSA) is 84.3 Å². The first-order valence-corrected chi connectivity index (χ1v) is 10.4. The third kappa shape index (κ3) is 6.13. The van der Waals surface area contributed by atoms with Crippen molar-refractivity contribution < 1.29 is 19.0 Å².